The molecule has 1 aromatic carbocycles. The number of amides is 2. The van der Waals surface area contributed by atoms with Crippen LogP contribution in [0.25, 0.3) is 10.4 Å². The third-order valence-corrected chi connectivity index (χ3v) is 9.59. The number of nitrogens with one attached hydrogen (secondary N) is 3. The van der Waals surface area contributed by atoms with Crippen molar-refractivity contribution in [1.29, 1.82) is 0 Å². The van der Waals surface area contributed by atoms with Crippen LogP contribution in [0.1, 0.15) is 70.6 Å². The predicted molar refractivity (Wildman–Crippen MR) is 152 cm³/mol. The molecule has 2 aliphatic rings. The lowest BCUT2D eigenvalue weighted by Gasteiger charge is -2.35. The van der Waals surface area contributed by atoms with Gasteiger partial charge in [-0.2, -0.15) is 0 Å². The first-order valence-electron chi connectivity index (χ1n) is 13.2. The molecule has 0 saturated carbocycles. The van der Waals surface area contributed by atoms with Gasteiger partial charge in [0, 0.05) is 40.4 Å². The molecule has 37 heavy (non-hydrogen) atoms. The number of rotatable bonds is 9. The average Bonchev–Trinajstić information content (AvgIpc) is 3.39. The molecule has 1 aromatic heterocycles. The van der Waals surface area contributed by atoms with Gasteiger partial charge in [0.15, 0.2) is 6.29 Å². The highest BCUT2D eigenvalue weighted by atomic mass is 32.2. The summed E-state index contributed by atoms with van der Waals surface area (Å²) in [6.45, 7) is 7.05. The van der Waals surface area contributed by atoms with Gasteiger partial charge in [-0.15, -0.1) is 23.1 Å². The summed E-state index contributed by atoms with van der Waals surface area (Å²) in [6.07, 6.45) is 6.16. The van der Waals surface area contributed by atoms with E-state index in [9.17, 15) is 9.59 Å². The maximum atomic E-state index is 12.9. The van der Waals surface area contributed by atoms with Crippen LogP contribution in [0, 0.1) is 0 Å². The summed E-state index contributed by atoms with van der Waals surface area (Å²) in [5.74, 6) is 0.868. The normalized spacial score (nSPS) is 22.4. The van der Waals surface area contributed by atoms with E-state index in [2.05, 4.69) is 34.3 Å². The Kier molecular flexibility index (Phi) is 9.69. The second-order valence-electron chi connectivity index (χ2n) is 10.8. The van der Waals surface area contributed by atoms with E-state index in [0.717, 1.165) is 54.0 Å². The monoisotopic (exact) mass is 545 g/mol. The van der Waals surface area contributed by atoms with Crippen molar-refractivity contribution in [2.24, 2.45) is 0 Å². The van der Waals surface area contributed by atoms with E-state index in [1.54, 1.807) is 11.3 Å². The zero-order valence-electron chi connectivity index (χ0n) is 22.1. The Morgan fingerprint density at radius 2 is 1.97 bits per heavy atom. The summed E-state index contributed by atoms with van der Waals surface area (Å²) in [5.41, 5.74) is 4.37. The quantitative estimate of drug-likeness (QED) is 0.344. The fourth-order valence-corrected chi connectivity index (χ4v) is 7.43. The SMILES string of the molecule is CC(C)(C)NCC(=O)Nc1cccc(-c2ccc([C@@]3(CC(=O)NOC4CCCCO4)CCCCS3)s2)c1. The summed E-state index contributed by atoms with van der Waals surface area (Å²) in [4.78, 5) is 33.2. The molecule has 9 heteroatoms. The first kappa shape index (κ1) is 28.1. The summed E-state index contributed by atoms with van der Waals surface area (Å²) in [7, 11) is 0. The Bertz CT molecular complexity index is 1050. The molecule has 3 N–H and O–H groups in total. The van der Waals surface area contributed by atoms with Crippen LogP contribution in [0.4, 0.5) is 5.69 Å². The lowest BCUT2D eigenvalue weighted by atomic mass is 9.94. The van der Waals surface area contributed by atoms with Gasteiger partial charge >= 0.3 is 0 Å². The molecule has 2 atom stereocenters. The fourth-order valence-electron chi connectivity index (χ4n) is 4.54. The van der Waals surface area contributed by atoms with Gasteiger partial charge in [-0.05, 0) is 82.0 Å². The first-order chi connectivity index (χ1) is 17.7. The number of hydroxylamine groups is 1. The lowest BCUT2D eigenvalue weighted by molar-refractivity contribution is -0.200. The zero-order valence-corrected chi connectivity index (χ0v) is 23.7. The van der Waals surface area contributed by atoms with Crippen molar-refractivity contribution in [3.63, 3.8) is 0 Å². The molecule has 202 valence electrons. The summed E-state index contributed by atoms with van der Waals surface area (Å²) in [5, 5.41) is 6.21. The molecule has 2 fully saturated rings. The van der Waals surface area contributed by atoms with E-state index < -0.39 is 0 Å². The smallest absolute Gasteiger partial charge is 0.245 e. The molecule has 0 radical (unpaired) electrons. The molecule has 7 nitrogen and oxygen atoms in total. The molecule has 0 spiro atoms. The Hall–Kier alpha value is -1.91. The summed E-state index contributed by atoms with van der Waals surface area (Å²) < 4.78 is 5.32. The number of benzene rings is 1. The van der Waals surface area contributed by atoms with Crippen molar-refractivity contribution >= 4 is 40.6 Å². The molecule has 0 bridgehead atoms. The number of hydrogen-bond donors (Lipinski definition) is 3. The zero-order chi connectivity index (χ0) is 26.3. The van der Waals surface area contributed by atoms with Crippen molar-refractivity contribution < 1.29 is 19.2 Å². The number of anilines is 1. The molecular formula is C28H39N3O4S2. The maximum absolute atomic E-state index is 12.9. The van der Waals surface area contributed by atoms with E-state index in [-0.39, 0.29) is 34.9 Å². The standard InChI is InChI=1S/C28H39N3O4S2/c1-27(2,3)29-19-25(33)30-21-10-8-9-20(17-21)22-12-13-23(37-22)28(14-5-7-16-36-28)18-24(32)31-35-26-11-4-6-15-34-26/h8-10,12-13,17,26,29H,4-7,11,14-16,18-19H2,1-3H3,(H,30,33)(H,31,32)/t26?,28-/m0/s1. The largest absolute Gasteiger partial charge is 0.350 e. The molecule has 4 rings (SSSR count). The average molecular weight is 546 g/mol. The molecule has 2 saturated heterocycles. The van der Waals surface area contributed by atoms with Crippen molar-refractivity contribution in [3.05, 3.63) is 41.3 Å². The number of ether oxygens (including phenoxy) is 1. The van der Waals surface area contributed by atoms with Gasteiger partial charge in [-0.3, -0.25) is 9.59 Å². The maximum Gasteiger partial charge on any atom is 0.245 e. The molecule has 2 aliphatic heterocycles. The van der Waals surface area contributed by atoms with Crippen molar-refractivity contribution in [2.45, 2.75) is 82.3 Å². The van der Waals surface area contributed by atoms with E-state index in [1.807, 2.05) is 50.7 Å². The van der Waals surface area contributed by atoms with Crippen molar-refractivity contribution in [2.75, 3.05) is 24.2 Å². The Balaban J connectivity index is 1.43. The Labute approximate surface area is 228 Å². The Morgan fingerprint density at radius 1 is 1.11 bits per heavy atom. The summed E-state index contributed by atoms with van der Waals surface area (Å²) >= 11 is 3.61. The van der Waals surface area contributed by atoms with E-state index in [0.29, 0.717) is 13.0 Å². The van der Waals surface area contributed by atoms with Crippen LogP contribution in [-0.4, -0.2) is 42.5 Å². The van der Waals surface area contributed by atoms with E-state index in [4.69, 9.17) is 9.57 Å². The van der Waals surface area contributed by atoms with Gasteiger partial charge in [-0.1, -0.05) is 18.6 Å². The van der Waals surface area contributed by atoms with Crippen molar-refractivity contribution in [3.8, 4) is 10.4 Å². The van der Waals surface area contributed by atoms with Crippen LogP contribution in [0.3, 0.4) is 0 Å². The van der Waals surface area contributed by atoms with Crippen LogP contribution >= 0.6 is 23.1 Å². The van der Waals surface area contributed by atoms with Gasteiger partial charge in [0.2, 0.25) is 11.8 Å². The molecular weight excluding hydrogens is 506 g/mol. The number of carbonyl (C=O) groups is 2. The first-order valence-corrected chi connectivity index (χ1v) is 15.0. The third-order valence-electron chi connectivity index (χ3n) is 6.51. The van der Waals surface area contributed by atoms with Gasteiger partial charge in [-0.25, -0.2) is 10.3 Å². The van der Waals surface area contributed by atoms with E-state index >= 15 is 0 Å². The Morgan fingerprint density at radius 3 is 2.70 bits per heavy atom. The predicted octanol–water partition coefficient (Wildman–Crippen LogP) is 5.82. The number of thiophene rings is 1. The second-order valence-corrected chi connectivity index (χ2v) is 13.4. The molecule has 2 aromatic rings. The summed E-state index contributed by atoms with van der Waals surface area (Å²) in [6, 6.07) is 12.2. The van der Waals surface area contributed by atoms with Gasteiger partial charge in [0.05, 0.1) is 11.3 Å². The highest BCUT2D eigenvalue weighted by Crippen LogP contribution is 2.51. The minimum atomic E-state index is -0.349. The number of carbonyl (C=O) groups excluding carboxylic acids is 2. The van der Waals surface area contributed by atoms with Crippen LogP contribution in [0.2, 0.25) is 0 Å². The minimum absolute atomic E-state index is 0.0663. The van der Waals surface area contributed by atoms with Crippen LogP contribution < -0.4 is 16.1 Å². The second kappa shape index (κ2) is 12.8. The highest BCUT2D eigenvalue weighted by Gasteiger charge is 2.38. The fraction of sp³-hybridized carbons (Fsp3) is 0.571. The minimum Gasteiger partial charge on any atom is -0.350 e. The number of hydrogen-bond acceptors (Lipinski definition) is 7. The number of thioether (sulfide) groups is 1. The molecule has 3 heterocycles. The van der Waals surface area contributed by atoms with Crippen molar-refractivity contribution in [1.82, 2.24) is 10.8 Å². The molecule has 0 aliphatic carbocycles. The molecule has 1 unspecified atom stereocenters. The topological polar surface area (TPSA) is 88.7 Å². The van der Waals surface area contributed by atoms with Gasteiger partial charge < -0.3 is 15.4 Å². The lowest BCUT2D eigenvalue weighted by Crippen LogP contribution is -2.41. The van der Waals surface area contributed by atoms with Crippen LogP contribution in [0.15, 0.2) is 36.4 Å². The van der Waals surface area contributed by atoms with Crippen LogP contribution in [-0.2, 0) is 23.9 Å². The van der Waals surface area contributed by atoms with E-state index in [1.165, 1.54) is 11.3 Å². The third kappa shape index (κ3) is 8.29. The molecule has 2 amide bonds. The van der Waals surface area contributed by atoms with Gasteiger partial charge in [0.25, 0.3) is 0 Å². The van der Waals surface area contributed by atoms with Gasteiger partial charge in [0.1, 0.15) is 0 Å². The van der Waals surface area contributed by atoms with Crippen LogP contribution in [0.5, 0.6) is 0 Å². The highest BCUT2D eigenvalue weighted by molar-refractivity contribution is 8.00.